The maximum atomic E-state index is 12.2. The van der Waals surface area contributed by atoms with E-state index in [2.05, 4.69) is 10.3 Å². The molecule has 1 aromatic carbocycles. The largest absolute Gasteiger partial charge is 0.481 e. The SMILES string of the molecule is C[C@H](Oc1cc(Cl)cc(Cl)c1)C(=O)NC[C@H](CO)Cc1ccccn1. The van der Waals surface area contributed by atoms with E-state index in [0.717, 1.165) is 5.69 Å². The smallest absolute Gasteiger partial charge is 0.260 e. The third-order valence-electron chi connectivity index (χ3n) is 3.57. The number of aliphatic hydroxyl groups excluding tert-OH is 1. The number of carbonyl (C=O) groups excluding carboxylic acids is 1. The van der Waals surface area contributed by atoms with Gasteiger partial charge < -0.3 is 15.2 Å². The minimum absolute atomic E-state index is 0.0456. The highest BCUT2D eigenvalue weighted by molar-refractivity contribution is 6.34. The summed E-state index contributed by atoms with van der Waals surface area (Å²) < 4.78 is 5.57. The third kappa shape index (κ3) is 6.53. The maximum Gasteiger partial charge on any atom is 0.260 e. The van der Waals surface area contributed by atoms with Gasteiger partial charge in [0.15, 0.2) is 6.10 Å². The predicted molar refractivity (Wildman–Crippen MR) is 98.1 cm³/mol. The van der Waals surface area contributed by atoms with Crippen molar-refractivity contribution in [3.8, 4) is 5.75 Å². The van der Waals surface area contributed by atoms with Gasteiger partial charge in [-0.15, -0.1) is 0 Å². The molecule has 0 bridgehead atoms. The Hall–Kier alpha value is -1.82. The molecule has 1 amide bonds. The highest BCUT2D eigenvalue weighted by Crippen LogP contribution is 2.24. The van der Waals surface area contributed by atoms with E-state index in [4.69, 9.17) is 27.9 Å². The molecular formula is C18H20Cl2N2O3. The second-order valence-electron chi connectivity index (χ2n) is 5.68. The van der Waals surface area contributed by atoms with Crippen molar-refractivity contribution in [3.05, 3.63) is 58.3 Å². The van der Waals surface area contributed by atoms with Crippen molar-refractivity contribution >= 4 is 29.1 Å². The second kappa shape index (κ2) is 9.61. The normalized spacial score (nSPS) is 13.1. The van der Waals surface area contributed by atoms with Gasteiger partial charge in [-0.25, -0.2) is 0 Å². The molecule has 0 aliphatic rings. The topological polar surface area (TPSA) is 71.5 Å². The maximum absolute atomic E-state index is 12.2. The van der Waals surface area contributed by atoms with Crippen molar-refractivity contribution in [1.29, 1.82) is 0 Å². The Morgan fingerprint density at radius 1 is 1.28 bits per heavy atom. The lowest BCUT2D eigenvalue weighted by Gasteiger charge is -2.18. The number of aliphatic hydroxyl groups is 1. The second-order valence-corrected chi connectivity index (χ2v) is 6.56. The summed E-state index contributed by atoms with van der Waals surface area (Å²) in [6, 6.07) is 10.4. The number of pyridine rings is 1. The van der Waals surface area contributed by atoms with Gasteiger partial charge >= 0.3 is 0 Å². The first-order valence-electron chi connectivity index (χ1n) is 7.89. The monoisotopic (exact) mass is 382 g/mol. The quantitative estimate of drug-likeness (QED) is 0.735. The fourth-order valence-corrected chi connectivity index (χ4v) is 2.76. The lowest BCUT2D eigenvalue weighted by atomic mass is 10.0. The van der Waals surface area contributed by atoms with Crippen LogP contribution in [0.3, 0.4) is 0 Å². The molecule has 0 aliphatic heterocycles. The molecule has 134 valence electrons. The standard InChI is InChI=1S/C18H20Cl2N2O3/c1-12(25-17-8-14(19)7-15(20)9-17)18(24)22-10-13(11-23)6-16-4-2-3-5-21-16/h2-5,7-9,12-13,23H,6,10-11H2,1H3,(H,22,24)/t12-,13+/m0/s1. The Balaban J connectivity index is 1.85. The van der Waals surface area contributed by atoms with E-state index in [-0.39, 0.29) is 18.4 Å². The number of amides is 1. The number of halogens is 2. The molecule has 5 nitrogen and oxygen atoms in total. The number of hydrogen-bond acceptors (Lipinski definition) is 4. The Morgan fingerprint density at radius 2 is 2.00 bits per heavy atom. The van der Waals surface area contributed by atoms with Crippen LogP contribution in [0.15, 0.2) is 42.6 Å². The van der Waals surface area contributed by atoms with Crippen molar-refractivity contribution in [2.45, 2.75) is 19.4 Å². The molecule has 0 radical (unpaired) electrons. The van der Waals surface area contributed by atoms with Gasteiger partial charge in [0.05, 0.1) is 0 Å². The zero-order valence-electron chi connectivity index (χ0n) is 13.8. The van der Waals surface area contributed by atoms with Crippen LogP contribution in [0.1, 0.15) is 12.6 Å². The molecular weight excluding hydrogens is 363 g/mol. The number of nitrogens with zero attached hydrogens (tertiary/aromatic N) is 1. The first-order chi connectivity index (χ1) is 12.0. The summed E-state index contributed by atoms with van der Waals surface area (Å²) >= 11 is 11.8. The van der Waals surface area contributed by atoms with Gasteiger partial charge in [-0.2, -0.15) is 0 Å². The lowest BCUT2D eigenvalue weighted by Crippen LogP contribution is -2.40. The first kappa shape index (κ1) is 19.5. The minimum atomic E-state index is -0.719. The minimum Gasteiger partial charge on any atom is -0.481 e. The summed E-state index contributed by atoms with van der Waals surface area (Å²) in [5, 5.41) is 13.2. The van der Waals surface area contributed by atoms with Gasteiger partial charge in [0.25, 0.3) is 5.91 Å². The van der Waals surface area contributed by atoms with E-state index in [9.17, 15) is 9.90 Å². The van der Waals surface area contributed by atoms with Crippen LogP contribution in [0, 0.1) is 5.92 Å². The molecule has 2 aromatic rings. The molecule has 2 atom stereocenters. The molecule has 0 saturated carbocycles. The number of aromatic nitrogens is 1. The van der Waals surface area contributed by atoms with Crippen LogP contribution in [-0.4, -0.2) is 35.3 Å². The van der Waals surface area contributed by atoms with Gasteiger partial charge in [-0.05, 0) is 43.7 Å². The van der Waals surface area contributed by atoms with Crippen LogP contribution in [0.4, 0.5) is 0 Å². The van der Waals surface area contributed by atoms with Crippen LogP contribution in [-0.2, 0) is 11.2 Å². The first-order valence-corrected chi connectivity index (χ1v) is 8.64. The number of hydrogen-bond donors (Lipinski definition) is 2. The van der Waals surface area contributed by atoms with E-state index in [1.165, 1.54) is 0 Å². The third-order valence-corrected chi connectivity index (χ3v) is 4.00. The van der Waals surface area contributed by atoms with Crippen LogP contribution < -0.4 is 10.1 Å². The molecule has 1 aromatic heterocycles. The van der Waals surface area contributed by atoms with Gasteiger partial charge in [0.1, 0.15) is 5.75 Å². The molecule has 0 saturated heterocycles. The highest BCUT2D eigenvalue weighted by atomic mass is 35.5. The van der Waals surface area contributed by atoms with E-state index >= 15 is 0 Å². The molecule has 0 fully saturated rings. The average Bonchev–Trinajstić information content (AvgIpc) is 2.58. The van der Waals surface area contributed by atoms with Crippen LogP contribution in [0.25, 0.3) is 0 Å². The number of rotatable bonds is 8. The van der Waals surface area contributed by atoms with Gasteiger partial charge in [-0.1, -0.05) is 29.3 Å². The van der Waals surface area contributed by atoms with E-state index in [1.807, 2.05) is 18.2 Å². The molecule has 0 spiro atoms. The Morgan fingerprint density at radius 3 is 2.60 bits per heavy atom. The van der Waals surface area contributed by atoms with Crippen molar-refractivity contribution in [2.75, 3.05) is 13.2 Å². The van der Waals surface area contributed by atoms with Crippen molar-refractivity contribution in [2.24, 2.45) is 5.92 Å². The summed E-state index contributed by atoms with van der Waals surface area (Å²) in [7, 11) is 0. The predicted octanol–water partition coefficient (Wildman–Crippen LogP) is 3.12. The zero-order chi connectivity index (χ0) is 18.2. The molecule has 1 heterocycles. The molecule has 25 heavy (non-hydrogen) atoms. The number of carbonyl (C=O) groups is 1. The van der Waals surface area contributed by atoms with E-state index in [1.54, 1.807) is 31.3 Å². The summed E-state index contributed by atoms with van der Waals surface area (Å²) in [6.45, 7) is 1.92. The number of ether oxygens (including phenoxy) is 1. The Kier molecular flexibility index (Phi) is 7.50. The Labute approximate surface area is 156 Å². The van der Waals surface area contributed by atoms with E-state index in [0.29, 0.717) is 28.8 Å². The molecule has 2 rings (SSSR count). The van der Waals surface area contributed by atoms with Crippen molar-refractivity contribution < 1.29 is 14.6 Å². The highest BCUT2D eigenvalue weighted by Gasteiger charge is 2.17. The summed E-state index contributed by atoms with van der Waals surface area (Å²) in [5.41, 5.74) is 0.869. The molecule has 0 aliphatic carbocycles. The fourth-order valence-electron chi connectivity index (χ4n) is 2.26. The van der Waals surface area contributed by atoms with Gasteiger partial charge in [-0.3, -0.25) is 9.78 Å². The van der Waals surface area contributed by atoms with Crippen LogP contribution >= 0.6 is 23.2 Å². The van der Waals surface area contributed by atoms with E-state index < -0.39 is 6.10 Å². The van der Waals surface area contributed by atoms with Gasteiger partial charge in [0, 0.05) is 41.0 Å². The van der Waals surface area contributed by atoms with Crippen LogP contribution in [0.5, 0.6) is 5.75 Å². The summed E-state index contributed by atoms with van der Waals surface area (Å²) in [5.74, 6) is 0.0228. The average molecular weight is 383 g/mol. The van der Waals surface area contributed by atoms with Crippen LogP contribution in [0.2, 0.25) is 10.0 Å². The lowest BCUT2D eigenvalue weighted by molar-refractivity contribution is -0.127. The summed E-state index contributed by atoms with van der Waals surface area (Å²) in [4.78, 5) is 16.4. The van der Waals surface area contributed by atoms with Crippen molar-refractivity contribution in [3.63, 3.8) is 0 Å². The van der Waals surface area contributed by atoms with Crippen molar-refractivity contribution in [1.82, 2.24) is 10.3 Å². The molecule has 0 unspecified atom stereocenters. The fraction of sp³-hybridized carbons (Fsp3) is 0.333. The summed E-state index contributed by atoms with van der Waals surface area (Å²) in [6.07, 6.45) is 1.56. The number of benzene rings is 1. The molecule has 7 heteroatoms. The number of nitrogens with one attached hydrogen (secondary N) is 1. The zero-order valence-corrected chi connectivity index (χ0v) is 15.3. The Bertz CT molecular complexity index is 678. The molecule has 2 N–H and O–H groups in total. The van der Waals surface area contributed by atoms with Gasteiger partial charge in [0.2, 0.25) is 0 Å².